The molecule has 0 fully saturated rings. The Morgan fingerprint density at radius 2 is 2.08 bits per heavy atom. The number of aromatic carboxylic acids is 1. The number of ether oxygens (including phenoxy) is 2. The number of nitrogens with one attached hydrogen (secondary N) is 1. The second-order valence-corrected chi connectivity index (χ2v) is 5.31. The molecule has 0 amide bonds. The lowest BCUT2D eigenvalue weighted by atomic mass is 10.2. The number of hydrogen-bond donors (Lipinski definition) is 2. The van der Waals surface area contributed by atoms with Crippen molar-refractivity contribution in [1.29, 1.82) is 0 Å². The number of para-hydroxylation sites is 1. The van der Waals surface area contributed by atoms with Crippen LogP contribution in [-0.4, -0.2) is 34.8 Å². The summed E-state index contributed by atoms with van der Waals surface area (Å²) in [4.78, 5) is 18.7. The Balaban J connectivity index is 1.90. The minimum Gasteiger partial charge on any atom is -0.493 e. The average Bonchev–Trinajstić information content (AvgIpc) is 3.03. The molecule has 0 aliphatic rings. The van der Waals surface area contributed by atoms with Crippen molar-refractivity contribution >= 4 is 29.2 Å². The zero-order valence-electron chi connectivity index (χ0n) is 13.9. The first-order valence-corrected chi connectivity index (χ1v) is 7.83. The molecule has 2 N–H and O–H groups in total. The van der Waals surface area contributed by atoms with Crippen molar-refractivity contribution in [3.8, 4) is 11.5 Å². The van der Waals surface area contributed by atoms with Crippen LogP contribution in [-0.2, 0) is 0 Å². The highest BCUT2D eigenvalue weighted by Gasteiger charge is 2.11. The van der Waals surface area contributed by atoms with Gasteiger partial charge in [0, 0.05) is 0 Å². The molecule has 0 radical (unpaired) electrons. The third-order valence-corrected chi connectivity index (χ3v) is 3.68. The summed E-state index contributed by atoms with van der Waals surface area (Å²) in [6, 6.07) is 10.7. The highest BCUT2D eigenvalue weighted by atomic mass is 16.5. The summed E-state index contributed by atoms with van der Waals surface area (Å²) in [6.07, 6.45) is 3.66. The number of nitrogens with zero attached hydrogens (tertiary/aromatic N) is 1. The highest BCUT2D eigenvalue weighted by Crippen LogP contribution is 2.28. The summed E-state index contributed by atoms with van der Waals surface area (Å²) < 4.78 is 10.8. The van der Waals surface area contributed by atoms with E-state index in [0.29, 0.717) is 35.0 Å². The first kappa shape index (κ1) is 16.6. The fourth-order valence-electron chi connectivity index (χ4n) is 2.54. The van der Waals surface area contributed by atoms with Crippen molar-refractivity contribution in [2.75, 3.05) is 13.7 Å². The third kappa shape index (κ3) is 3.47. The van der Waals surface area contributed by atoms with Crippen molar-refractivity contribution in [1.82, 2.24) is 9.97 Å². The maximum Gasteiger partial charge on any atom is 0.337 e. The quantitative estimate of drug-likeness (QED) is 0.713. The summed E-state index contributed by atoms with van der Waals surface area (Å²) in [7, 11) is 1.60. The number of benzene rings is 2. The minimum atomic E-state index is -0.996. The molecule has 0 unspecified atom stereocenters. The number of hydrogen-bond acceptors (Lipinski definition) is 4. The van der Waals surface area contributed by atoms with E-state index in [1.807, 2.05) is 31.2 Å². The Bertz CT molecular complexity index is 944. The number of fused-ring (bicyclic) bond motifs is 1. The van der Waals surface area contributed by atoms with E-state index in [1.54, 1.807) is 25.3 Å². The monoisotopic (exact) mass is 338 g/mol. The molecule has 0 spiro atoms. The number of methoxy groups -OCH3 is 1. The molecule has 3 aromatic rings. The summed E-state index contributed by atoms with van der Waals surface area (Å²) in [5, 5.41) is 9.23. The van der Waals surface area contributed by atoms with E-state index >= 15 is 0 Å². The van der Waals surface area contributed by atoms with Crippen molar-refractivity contribution in [2.24, 2.45) is 0 Å². The number of aromatic nitrogens is 2. The van der Waals surface area contributed by atoms with E-state index in [1.165, 1.54) is 6.07 Å². The van der Waals surface area contributed by atoms with E-state index in [-0.39, 0.29) is 5.56 Å². The molecule has 128 valence electrons. The molecule has 6 heteroatoms. The Kier molecular flexibility index (Phi) is 4.70. The summed E-state index contributed by atoms with van der Waals surface area (Å²) >= 11 is 0. The number of carbonyl (C=O) groups is 1. The summed E-state index contributed by atoms with van der Waals surface area (Å²) in [5.74, 6) is 0.930. The number of carboxylic acids is 1. The predicted molar refractivity (Wildman–Crippen MR) is 96.1 cm³/mol. The van der Waals surface area contributed by atoms with E-state index in [2.05, 4.69) is 9.97 Å². The standard InChI is InChI=1S/C19H18N2O4/c1-3-25-15-9-7-12(11-16(15)24-2)8-10-17-20-14-6-4-5-13(19(22)23)18(14)21-17/h4-11H,3H2,1-2H3,(H,20,21)(H,22,23)/b10-8+. The molecule has 6 nitrogen and oxygen atoms in total. The fourth-order valence-corrected chi connectivity index (χ4v) is 2.54. The predicted octanol–water partition coefficient (Wildman–Crippen LogP) is 3.84. The van der Waals surface area contributed by atoms with Crippen LogP contribution in [0, 0.1) is 0 Å². The van der Waals surface area contributed by atoms with Gasteiger partial charge in [0.25, 0.3) is 0 Å². The van der Waals surface area contributed by atoms with Crippen molar-refractivity contribution in [2.45, 2.75) is 6.92 Å². The molecule has 1 heterocycles. The van der Waals surface area contributed by atoms with Gasteiger partial charge < -0.3 is 19.6 Å². The summed E-state index contributed by atoms with van der Waals surface area (Å²) in [6.45, 7) is 2.48. The lowest BCUT2D eigenvalue weighted by molar-refractivity contribution is 0.0699. The van der Waals surface area contributed by atoms with Crippen LogP contribution in [0.2, 0.25) is 0 Å². The first-order valence-electron chi connectivity index (χ1n) is 7.83. The molecular weight excluding hydrogens is 320 g/mol. The first-order chi connectivity index (χ1) is 12.1. The van der Waals surface area contributed by atoms with Crippen LogP contribution in [0.4, 0.5) is 0 Å². The van der Waals surface area contributed by atoms with Crippen molar-refractivity contribution in [3.05, 3.63) is 53.3 Å². The van der Waals surface area contributed by atoms with Gasteiger partial charge in [0.05, 0.1) is 24.8 Å². The Morgan fingerprint density at radius 3 is 2.80 bits per heavy atom. The number of aromatic amines is 1. The molecule has 1 aromatic heterocycles. The molecule has 0 atom stereocenters. The van der Waals surface area contributed by atoms with Gasteiger partial charge in [-0.25, -0.2) is 9.78 Å². The van der Waals surface area contributed by atoms with Crippen LogP contribution in [0.1, 0.15) is 28.7 Å². The van der Waals surface area contributed by atoms with E-state index in [4.69, 9.17) is 9.47 Å². The van der Waals surface area contributed by atoms with Gasteiger partial charge in [0.15, 0.2) is 11.5 Å². The van der Waals surface area contributed by atoms with Crippen LogP contribution in [0.15, 0.2) is 36.4 Å². The topological polar surface area (TPSA) is 84.4 Å². The van der Waals surface area contributed by atoms with Crippen LogP contribution in [0.25, 0.3) is 23.2 Å². The zero-order chi connectivity index (χ0) is 17.8. The van der Waals surface area contributed by atoms with Crippen LogP contribution in [0.3, 0.4) is 0 Å². The highest BCUT2D eigenvalue weighted by molar-refractivity contribution is 6.01. The van der Waals surface area contributed by atoms with Gasteiger partial charge in [0.1, 0.15) is 11.3 Å². The fraction of sp³-hybridized carbons (Fsp3) is 0.158. The van der Waals surface area contributed by atoms with Gasteiger partial charge in [0.2, 0.25) is 0 Å². The van der Waals surface area contributed by atoms with Gasteiger partial charge in [-0.1, -0.05) is 18.2 Å². The molecule has 0 saturated carbocycles. The normalized spacial score (nSPS) is 11.1. The van der Waals surface area contributed by atoms with Gasteiger partial charge in [-0.05, 0) is 42.8 Å². The molecule has 0 aliphatic heterocycles. The largest absolute Gasteiger partial charge is 0.493 e. The lowest BCUT2D eigenvalue weighted by Crippen LogP contribution is -1.96. The Labute approximate surface area is 144 Å². The maximum atomic E-state index is 11.3. The number of rotatable bonds is 6. The SMILES string of the molecule is CCOc1ccc(/C=C/c2nc3c(C(=O)O)cccc3[nH]2)cc1OC. The second kappa shape index (κ2) is 7.09. The van der Waals surface area contributed by atoms with Crippen molar-refractivity contribution in [3.63, 3.8) is 0 Å². The second-order valence-electron chi connectivity index (χ2n) is 5.31. The smallest absolute Gasteiger partial charge is 0.337 e. The number of imidazole rings is 1. The molecule has 25 heavy (non-hydrogen) atoms. The molecule has 0 bridgehead atoms. The summed E-state index contributed by atoms with van der Waals surface area (Å²) in [5.41, 5.74) is 2.22. The Morgan fingerprint density at radius 1 is 1.24 bits per heavy atom. The van der Waals surface area contributed by atoms with Gasteiger partial charge >= 0.3 is 5.97 Å². The van der Waals surface area contributed by atoms with Gasteiger partial charge in [-0.2, -0.15) is 0 Å². The lowest BCUT2D eigenvalue weighted by Gasteiger charge is -2.09. The van der Waals surface area contributed by atoms with Crippen LogP contribution < -0.4 is 9.47 Å². The van der Waals surface area contributed by atoms with Crippen molar-refractivity contribution < 1.29 is 19.4 Å². The number of H-pyrrole nitrogens is 1. The van der Waals surface area contributed by atoms with Gasteiger partial charge in [-0.3, -0.25) is 0 Å². The van der Waals surface area contributed by atoms with E-state index in [9.17, 15) is 9.90 Å². The van der Waals surface area contributed by atoms with Crippen LogP contribution >= 0.6 is 0 Å². The minimum absolute atomic E-state index is 0.177. The van der Waals surface area contributed by atoms with E-state index in [0.717, 1.165) is 5.56 Å². The van der Waals surface area contributed by atoms with Gasteiger partial charge in [-0.15, -0.1) is 0 Å². The van der Waals surface area contributed by atoms with E-state index < -0.39 is 5.97 Å². The molecule has 2 aromatic carbocycles. The molecule has 0 aliphatic carbocycles. The average molecular weight is 338 g/mol. The number of carboxylic acid groups (broad SMARTS) is 1. The molecular formula is C19H18N2O4. The maximum absolute atomic E-state index is 11.3. The molecule has 0 saturated heterocycles. The zero-order valence-corrected chi connectivity index (χ0v) is 13.9. The molecule has 3 rings (SSSR count). The Hall–Kier alpha value is -3.28. The third-order valence-electron chi connectivity index (χ3n) is 3.68. The van der Waals surface area contributed by atoms with Crippen LogP contribution in [0.5, 0.6) is 11.5 Å².